The first-order chi connectivity index (χ1) is 9.63. The van der Waals surface area contributed by atoms with Gasteiger partial charge in [-0.3, -0.25) is 0 Å². The van der Waals surface area contributed by atoms with Gasteiger partial charge in [0.2, 0.25) is 10.0 Å². The lowest BCUT2D eigenvalue weighted by Crippen LogP contribution is -2.22. The van der Waals surface area contributed by atoms with Gasteiger partial charge in [0.15, 0.2) is 0 Å². The quantitative estimate of drug-likeness (QED) is 0.730. The standard InChI is InChI=1S/C13H17N3O2S2/c17-20(18,16-8-12-2-1-5-19-12)13-6-11(15-9-13)7-14-10-3-4-10/h1-2,5-6,9-10,14-16H,3-4,7-8H2. The molecule has 3 N–H and O–H groups in total. The minimum absolute atomic E-state index is 0.293. The molecule has 0 atom stereocenters. The van der Waals surface area contributed by atoms with Gasteiger partial charge in [0.05, 0.1) is 4.90 Å². The van der Waals surface area contributed by atoms with Crippen LogP contribution in [0.5, 0.6) is 0 Å². The molecule has 2 aromatic rings. The van der Waals surface area contributed by atoms with Crippen molar-refractivity contribution in [1.29, 1.82) is 0 Å². The van der Waals surface area contributed by atoms with Gasteiger partial charge >= 0.3 is 0 Å². The Morgan fingerprint density at radius 3 is 2.90 bits per heavy atom. The second-order valence-corrected chi connectivity index (χ2v) is 7.72. The highest BCUT2D eigenvalue weighted by atomic mass is 32.2. The zero-order valence-electron chi connectivity index (χ0n) is 10.9. The summed E-state index contributed by atoms with van der Waals surface area (Å²) in [5.74, 6) is 0. The van der Waals surface area contributed by atoms with Crippen molar-refractivity contribution in [2.75, 3.05) is 0 Å². The van der Waals surface area contributed by atoms with Crippen LogP contribution < -0.4 is 10.0 Å². The van der Waals surface area contributed by atoms with E-state index in [1.165, 1.54) is 24.2 Å². The van der Waals surface area contributed by atoms with Crippen LogP contribution in [0.25, 0.3) is 0 Å². The van der Waals surface area contributed by atoms with Crippen molar-refractivity contribution in [3.05, 3.63) is 40.3 Å². The fourth-order valence-corrected chi connectivity index (χ4v) is 3.64. The lowest BCUT2D eigenvalue weighted by atomic mass is 10.4. The number of H-pyrrole nitrogens is 1. The average Bonchev–Trinajstić information content (AvgIpc) is 2.94. The highest BCUT2D eigenvalue weighted by molar-refractivity contribution is 7.89. The van der Waals surface area contributed by atoms with Gasteiger partial charge in [-0.2, -0.15) is 0 Å². The Hall–Kier alpha value is -1.15. The van der Waals surface area contributed by atoms with E-state index in [0.717, 1.165) is 10.6 Å². The van der Waals surface area contributed by atoms with Crippen molar-refractivity contribution in [2.45, 2.75) is 36.9 Å². The van der Waals surface area contributed by atoms with E-state index >= 15 is 0 Å². The lowest BCUT2D eigenvalue weighted by Gasteiger charge is -2.03. The first-order valence-electron chi connectivity index (χ1n) is 6.56. The molecule has 0 unspecified atom stereocenters. The molecule has 0 amide bonds. The number of hydrogen-bond donors (Lipinski definition) is 3. The smallest absolute Gasteiger partial charge is 0.242 e. The van der Waals surface area contributed by atoms with E-state index in [-0.39, 0.29) is 0 Å². The molecule has 0 spiro atoms. The summed E-state index contributed by atoms with van der Waals surface area (Å²) in [6.45, 7) is 1.02. The number of hydrogen-bond acceptors (Lipinski definition) is 4. The third-order valence-electron chi connectivity index (χ3n) is 3.20. The molecule has 2 aromatic heterocycles. The van der Waals surface area contributed by atoms with Crippen LogP contribution in [0.4, 0.5) is 0 Å². The van der Waals surface area contributed by atoms with E-state index < -0.39 is 10.0 Å². The van der Waals surface area contributed by atoms with Crippen molar-refractivity contribution in [3.8, 4) is 0 Å². The van der Waals surface area contributed by atoms with Gasteiger partial charge in [-0.15, -0.1) is 11.3 Å². The SMILES string of the molecule is O=S(=O)(NCc1cccs1)c1c[nH]c(CNC2CC2)c1. The van der Waals surface area contributed by atoms with Gasteiger partial charge in [-0.05, 0) is 30.4 Å². The molecule has 1 fully saturated rings. The summed E-state index contributed by atoms with van der Waals surface area (Å²) in [6.07, 6.45) is 3.98. The van der Waals surface area contributed by atoms with Crippen LogP contribution in [0.15, 0.2) is 34.7 Å². The van der Waals surface area contributed by atoms with E-state index in [9.17, 15) is 8.42 Å². The fraction of sp³-hybridized carbons (Fsp3) is 0.385. The van der Waals surface area contributed by atoms with E-state index in [4.69, 9.17) is 0 Å². The normalized spacial score (nSPS) is 15.6. The van der Waals surface area contributed by atoms with Crippen LogP contribution >= 0.6 is 11.3 Å². The maximum Gasteiger partial charge on any atom is 0.242 e. The average molecular weight is 311 g/mol. The molecule has 0 saturated heterocycles. The van der Waals surface area contributed by atoms with Crippen molar-refractivity contribution in [3.63, 3.8) is 0 Å². The maximum atomic E-state index is 12.1. The van der Waals surface area contributed by atoms with E-state index in [1.807, 2.05) is 17.5 Å². The summed E-state index contributed by atoms with van der Waals surface area (Å²) in [5, 5.41) is 5.28. The molecule has 1 saturated carbocycles. The second kappa shape index (κ2) is 5.69. The molecule has 0 aromatic carbocycles. The number of nitrogens with one attached hydrogen (secondary N) is 3. The van der Waals surface area contributed by atoms with Gasteiger partial charge in [0.1, 0.15) is 0 Å². The molecule has 1 aliphatic rings. The largest absolute Gasteiger partial charge is 0.363 e. The summed E-state index contributed by atoms with van der Waals surface area (Å²) in [6, 6.07) is 6.11. The number of aromatic amines is 1. The summed E-state index contributed by atoms with van der Waals surface area (Å²) in [4.78, 5) is 4.30. The first kappa shape index (κ1) is 13.8. The molecule has 108 valence electrons. The summed E-state index contributed by atoms with van der Waals surface area (Å²) in [5.41, 5.74) is 0.897. The maximum absolute atomic E-state index is 12.1. The first-order valence-corrected chi connectivity index (χ1v) is 8.92. The monoisotopic (exact) mass is 311 g/mol. The third kappa shape index (κ3) is 3.49. The highest BCUT2D eigenvalue weighted by Gasteiger charge is 2.21. The number of thiophene rings is 1. The van der Waals surface area contributed by atoms with E-state index in [1.54, 1.807) is 12.3 Å². The summed E-state index contributed by atoms with van der Waals surface area (Å²) < 4.78 is 26.9. The molecule has 1 aliphatic carbocycles. The minimum atomic E-state index is -3.44. The van der Waals surface area contributed by atoms with Crippen LogP contribution in [0, 0.1) is 0 Å². The second-order valence-electron chi connectivity index (χ2n) is 4.92. The molecule has 0 radical (unpaired) electrons. The topological polar surface area (TPSA) is 74.0 Å². The summed E-state index contributed by atoms with van der Waals surface area (Å²) >= 11 is 1.54. The Morgan fingerprint density at radius 1 is 1.35 bits per heavy atom. The van der Waals surface area contributed by atoms with Crippen LogP contribution in [-0.2, 0) is 23.1 Å². The van der Waals surface area contributed by atoms with Crippen molar-refractivity contribution in [1.82, 2.24) is 15.0 Å². The van der Waals surface area contributed by atoms with Gasteiger partial charge in [-0.1, -0.05) is 6.07 Å². The Labute approximate surface area is 122 Å². The summed E-state index contributed by atoms with van der Waals surface area (Å²) in [7, 11) is -3.44. The zero-order valence-corrected chi connectivity index (χ0v) is 12.6. The molecular formula is C13H17N3O2S2. The molecule has 0 bridgehead atoms. The Morgan fingerprint density at radius 2 is 2.20 bits per heavy atom. The van der Waals surface area contributed by atoms with Gasteiger partial charge in [0.25, 0.3) is 0 Å². The number of aromatic nitrogens is 1. The number of sulfonamides is 1. The molecular weight excluding hydrogens is 294 g/mol. The van der Waals surface area contributed by atoms with Crippen LogP contribution in [0.1, 0.15) is 23.4 Å². The fourth-order valence-electron chi connectivity index (χ4n) is 1.88. The Kier molecular flexibility index (Phi) is 3.93. The van der Waals surface area contributed by atoms with Crippen LogP contribution in [0.3, 0.4) is 0 Å². The molecule has 3 rings (SSSR count). The van der Waals surface area contributed by atoms with Crippen molar-refractivity contribution < 1.29 is 8.42 Å². The van der Waals surface area contributed by atoms with E-state index in [0.29, 0.717) is 24.0 Å². The van der Waals surface area contributed by atoms with E-state index in [2.05, 4.69) is 15.0 Å². The lowest BCUT2D eigenvalue weighted by molar-refractivity contribution is 0.582. The number of rotatable bonds is 7. The third-order valence-corrected chi connectivity index (χ3v) is 5.46. The molecule has 2 heterocycles. The zero-order chi connectivity index (χ0) is 14.0. The van der Waals surface area contributed by atoms with Crippen molar-refractivity contribution in [2.24, 2.45) is 0 Å². The van der Waals surface area contributed by atoms with Gasteiger partial charge in [-0.25, -0.2) is 13.1 Å². The highest BCUT2D eigenvalue weighted by Crippen LogP contribution is 2.19. The molecule has 5 nitrogen and oxygen atoms in total. The van der Waals surface area contributed by atoms with Gasteiger partial charge < -0.3 is 10.3 Å². The van der Waals surface area contributed by atoms with Gasteiger partial charge in [0, 0.05) is 35.9 Å². The van der Waals surface area contributed by atoms with Crippen molar-refractivity contribution >= 4 is 21.4 Å². The predicted octanol–water partition coefficient (Wildman–Crippen LogP) is 1.81. The minimum Gasteiger partial charge on any atom is -0.363 e. The predicted molar refractivity (Wildman–Crippen MR) is 79.0 cm³/mol. The Bertz CT molecular complexity index is 658. The Balaban J connectivity index is 1.61. The molecule has 0 aliphatic heterocycles. The molecule has 7 heteroatoms. The van der Waals surface area contributed by atoms with Crippen LogP contribution in [0.2, 0.25) is 0 Å². The van der Waals surface area contributed by atoms with Crippen LogP contribution in [-0.4, -0.2) is 19.4 Å². The molecule has 20 heavy (non-hydrogen) atoms.